The molecule has 0 aliphatic heterocycles. The Balaban J connectivity index is 2.89. The van der Waals surface area contributed by atoms with Crippen molar-refractivity contribution in [1.29, 1.82) is 0 Å². The van der Waals surface area contributed by atoms with Crippen LogP contribution in [-0.4, -0.2) is 35.1 Å². The number of ether oxygens (including phenoxy) is 2. The first-order valence-electron chi connectivity index (χ1n) is 8.15. The highest BCUT2D eigenvalue weighted by atomic mass is 16.5. The molecular weight excluding hydrogens is 280 g/mol. The molecule has 0 saturated carbocycles. The van der Waals surface area contributed by atoms with E-state index < -0.39 is 0 Å². The second-order valence-corrected chi connectivity index (χ2v) is 6.02. The standard InChI is InChI=1S/C18H30O4/c1-5-15(7-9-19)21-16-11-14(3)12-17(13-16)22-18(4,6-2)8-10-20/h11-13,15,19-20H,5-10H2,1-4H3. The predicted molar refractivity (Wildman–Crippen MR) is 88.6 cm³/mol. The first-order valence-corrected chi connectivity index (χ1v) is 8.15. The van der Waals surface area contributed by atoms with Gasteiger partial charge in [0.2, 0.25) is 0 Å². The third kappa shape index (κ3) is 5.85. The summed E-state index contributed by atoms with van der Waals surface area (Å²) in [7, 11) is 0. The minimum absolute atomic E-state index is 0.00894. The quantitative estimate of drug-likeness (QED) is 0.695. The highest BCUT2D eigenvalue weighted by Crippen LogP contribution is 2.29. The topological polar surface area (TPSA) is 58.9 Å². The zero-order chi connectivity index (χ0) is 16.6. The van der Waals surface area contributed by atoms with Gasteiger partial charge in [0, 0.05) is 32.1 Å². The van der Waals surface area contributed by atoms with Crippen molar-refractivity contribution in [2.75, 3.05) is 13.2 Å². The lowest BCUT2D eigenvalue weighted by Crippen LogP contribution is -2.32. The zero-order valence-electron chi connectivity index (χ0n) is 14.3. The number of rotatable bonds is 10. The molecule has 1 aromatic rings. The third-order valence-corrected chi connectivity index (χ3v) is 3.99. The Bertz CT molecular complexity index is 447. The fraction of sp³-hybridized carbons (Fsp3) is 0.667. The molecule has 0 amide bonds. The van der Waals surface area contributed by atoms with Crippen LogP contribution >= 0.6 is 0 Å². The van der Waals surface area contributed by atoms with Gasteiger partial charge in [-0.2, -0.15) is 0 Å². The van der Waals surface area contributed by atoms with E-state index in [1.807, 2.05) is 39.0 Å². The smallest absolute Gasteiger partial charge is 0.124 e. The monoisotopic (exact) mass is 310 g/mol. The summed E-state index contributed by atoms with van der Waals surface area (Å²) in [6, 6.07) is 5.84. The lowest BCUT2D eigenvalue weighted by atomic mass is 9.99. The summed E-state index contributed by atoms with van der Waals surface area (Å²) < 4.78 is 12.0. The maximum atomic E-state index is 9.20. The second kappa shape index (κ2) is 9.01. The van der Waals surface area contributed by atoms with Gasteiger partial charge in [-0.15, -0.1) is 0 Å². The summed E-state index contributed by atoms with van der Waals surface area (Å²) >= 11 is 0. The average Bonchev–Trinajstić information content (AvgIpc) is 2.46. The molecule has 0 saturated heterocycles. The van der Waals surface area contributed by atoms with Crippen molar-refractivity contribution in [2.45, 2.75) is 65.1 Å². The number of aliphatic hydroxyl groups is 2. The molecule has 1 aromatic carbocycles. The van der Waals surface area contributed by atoms with Crippen LogP contribution in [-0.2, 0) is 0 Å². The van der Waals surface area contributed by atoms with Crippen molar-refractivity contribution in [2.24, 2.45) is 0 Å². The fourth-order valence-corrected chi connectivity index (χ4v) is 2.34. The molecule has 4 heteroatoms. The van der Waals surface area contributed by atoms with E-state index in [2.05, 4.69) is 6.92 Å². The van der Waals surface area contributed by atoms with E-state index in [-0.39, 0.29) is 24.9 Å². The Morgan fingerprint density at radius 2 is 1.77 bits per heavy atom. The van der Waals surface area contributed by atoms with Crippen LogP contribution in [0.4, 0.5) is 0 Å². The molecule has 2 unspecified atom stereocenters. The summed E-state index contributed by atoms with van der Waals surface area (Å²) in [4.78, 5) is 0. The molecule has 0 fully saturated rings. The third-order valence-electron chi connectivity index (χ3n) is 3.99. The molecule has 0 heterocycles. The molecular formula is C18H30O4. The minimum atomic E-state index is -0.380. The summed E-state index contributed by atoms with van der Waals surface area (Å²) in [6.07, 6.45) is 2.89. The number of hydrogen-bond acceptors (Lipinski definition) is 4. The highest BCUT2D eigenvalue weighted by Gasteiger charge is 2.24. The Labute approximate surface area is 134 Å². The molecule has 0 aliphatic rings. The molecule has 0 radical (unpaired) electrons. The van der Waals surface area contributed by atoms with E-state index in [0.717, 1.165) is 29.9 Å². The first kappa shape index (κ1) is 18.8. The van der Waals surface area contributed by atoms with Crippen molar-refractivity contribution in [1.82, 2.24) is 0 Å². The summed E-state index contributed by atoms with van der Waals surface area (Å²) in [5.41, 5.74) is 0.684. The van der Waals surface area contributed by atoms with Crippen LogP contribution in [0.2, 0.25) is 0 Å². The number of hydrogen-bond donors (Lipinski definition) is 2. The second-order valence-electron chi connectivity index (χ2n) is 6.02. The van der Waals surface area contributed by atoms with E-state index in [1.165, 1.54) is 0 Å². The Morgan fingerprint density at radius 1 is 1.09 bits per heavy atom. The molecule has 2 N–H and O–H groups in total. The van der Waals surface area contributed by atoms with Crippen LogP contribution in [0.5, 0.6) is 11.5 Å². The van der Waals surface area contributed by atoms with Gasteiger partial charge in [0.05, 0.1) is 0 Å². The maximum absolute atomic E-state index is 9.20. The Hall–Kier alpha value is -1.26. The molecule has 1 rings (SSSR count). The van der Waals surface area contributed by atoms with Crippen molar-refractivity contribution in [3.05, 3.63) is 23.8 Å². The average molecular weight is 310 g/mol. The SMILES string of the molecule is CCC(CCO)Oc1cc(C)cc(OC(C)(CC)CCO)c1. The number of aliphatic hydroxyl groups excluding tert-OH is 2. The molecule has 0 bridgehead atoms. The largest absolute Gasteiger partial charge is 0.490 e. The molecule has 0 spiro atoms. The number of aryl methyl sites for hydroxylation is 1. The van der Waals surface area contributed by atoms with Crippen LogP contribution in [0.1, 0.15) is 52.0 Å². The lowest BCUT2D eigenvalue weighted by molar-refractivity contribution is 0.0545. The van der Waals surface area contributed by atoms with Crippen molar-refractivity contribution < 1.29 is 19.7 Å². The van der Waals surface area contributed by atoms with Crippen LogP contribution in [0.25, 0.3) is 0 Å². The van der Waals surface area contributed by atoms with Crippen LogP contribution < -0.4 is 9.47 Å². The van der Waals surface area contributed by atoms with Crippen molar-refractivity contribution in [3.8, 4) is 11.5 Å². The molecule has 2 atom stereocenters. The normalized spacial score (nSPS) is 15.2. The van der Waals surface area contributed by atoms with Gasteiger partial charge in [-0.25, -0.2) is 0 Å². The molecule has 22 heavy (non-hydrogen) atoms. The van der Waals surface area contributed by atoms with Crippen molar-refractivity contribution in [3.63, 3.8) is 0 Å². The van der Waals surface area contributed by atoms with Crippen molar-refractivity contribution >= 4 is 0 Å². The van der Waals surface area contributed by atoms with Gasteiger partial charge in [-0.3, -0.25) is 0 Å². The fourth-order valence-electron chi connectivity index (χ4n) is 2.34. The first-order chi connectivity index (χ1) is 10.5. The van der Waals surface area contributed by atoms with E-state index in [0.29, 0.717) is 12.8 Å². The predicted octanol–water partition coefficient (Wildman–Crippen LogP) is 3.46. The summed E-state index contributed by atoms with van der Waals surface area (Å²) in [6.45, 7) is 8.33. The van der Waals surface area contributed by atoms with E-state index in [9.17, 15) is 5.11 Å². The zero-order valence-corrected chi connectivity index (χ0v) is 14.3. The molecule has 0 aromatic heterocycles. The highest BCUT2D eigenvalue weighted by molar-refractivity contribution is 5.38. The maximum Gasteiger partial charge on any atom is 0.124 e. The van der Waals surface area contributed by atoms with Crippen LogP contribution in [0.15, 0.2) is 18.2 Å². The van der Waals surface area contributed by atoms with Gasteiger partial charge in [0.15, 0.2) is 0 Å². The van der Waals surface area contributed by atoms with Gasteiger partial charge in [-0.05, 0) is 44.4 Å². The van der Waals surface area contributed by atoms with Gasteiger partial charge in [0.1, 0.15) is 23.2 Å². The van der Waals surface area contributed by atoms with Crippen LogP contribution in [0.3, 0.4) is 0 Å². The molecule has 126 valence electrons. The molecule has 0 aliphatic carbocycles. The Morgan fingerprint density at radius 3 is 2.32 bits per heavy atom. The van der Waals surface area contributed by atoms with E-state index in [1.54, 1.807) is 0 Å². The number of benzene rings is 1. The lowest BCUT2D eigenvalue weighted by Gasteiger charge is -2.29. The van der Waals surface area contributed by atoms with E-state index in [4.69, 9.17) is 14.6 Å². The molecule has 4 nitrogen and oxygen atoms in total. The van der Waals surface area contributed by atoms with Gasteiger partial charge in [0.25, 0.3) is 0 Å². The van der Waals surface area contributed by atoms with Gasteiger partial charge >= 0.3 is 0 Å². The Kier molecular flexibility index (Phi) is 7.69. The minimum Gasteiger partial charge on any atom is -0.490 e. The van der Waals surface area contributed by atoms with Gasteiger partial charge in [-0.1, -0.05) is 13.8 Å². The van der Waals surface area contributed by atoms with Crippen LogP contribution in [0, 0.1) is 6.92 Å². The summed E-state index contributed by atoms with van der Waals surface area (Å²) in [5.74, 6) is 1.52. The summed E-state index contributed by atoms with van der Waals surface area (Å²) in [5, 5.41) is 18.3. The van der Waals surface area contributed by atoms with E-state index >= 15 is 0 Å². The van der Waals surface area contributed by atoms with Gasteiger partial charge < -0.3 is 19.7 Å².